The molecule has 0 aliphatic carbocycles. The van der Waals surface area contributed by atoms with Crippen molar-refractivity contribution in [3.8, 4) is 0 Å². The van der Waals surface area contributed by atoms with E-state index < -0.39 is 0 Å². The molecule has 2 nitrogen and oxygen atoms in total. The topological polar surface area (TPSA) is 36.8 Å². The number of halogens is 1. The van der Waals surface area contributed by atoms with E-state index in [1.54, 1.807) is 0 Å². The summed E-state index contributed by atoms with van der Waals surface area (Å²) >= 11 is 0. The minimum absolute atomic E-state index is 0. The quantitative estimate of drug-likeness (QED) is 0.0545. The van der Waals surface area contributed by atoms with Crippen LogP contribution in [0.3, 0.4) is 0 Å². The van der Waals surface area contributed by atoms with Crippen LogP contribution in [0.4, 0.5) is 0 Å². The lowest BCUT2D eigenvalue weighted by atomic mass is 9.99. The average Bonchev–Trinajstić information content (AvgIpc) is 2.96. The van der Waals surface area contributed by atoms with E-state index in [9.17, 15) is 5.11 Å². The van der Waals surface area contributed by atoms with Gasteiger partial charge in [-0.1, -0.05) is 206 Å². The van der Waals surface area contributed by atoms with Crippen molar-refractivity contribution in [3.63, 3.8) is 0 Å². The number of hydrogen-bond donors (Lipinski definition) is 2. The molecule has 0 fully saturated rings. The molecule has 0 heterocycles. The van der Waals surface area contributed by atoms with Gasteiger partial charge in [-0.05, 0) is 25.7 Å². The lowest BCUT2D eigenvalue weighted by molar-refractivity contribution is -0.717. The fourth-order valence-electron chi connectivity index (χ4n) is 6.44. The fraction of sp³-hybridized carbons (Fsp3) is 1.00. The maximum atomic E-state index is 9.45. The zero-order valence-electron chi connectivity index (χ0n) is 28.7. The van der Waals surface area contributed by atoms with Crippen LogP contribution in [0.1, 0.15) is 232 Å². The molecule has 0 amide bonds. The number of rotatable bonds is 36. The van der Waals surface area contributed by atoms with Gasteiger partial charge in [-0.3, -0.25) is 0 Å². The molecule has 0 aromatic rings. The molecule has 0 aliphatic rings. The number of aliphatic hydroxyl groups is 1. The Kier molecular flexibility index (Phi) is 42.5. The molecule has 0 unspecified atom stereocenters. The molecule has 0 aliphatic heterocycles. The second kappa shape index (κ2) is 40.2. The van der Waals surface area contributed by atoms with Crippen LogP contribution >= 0.6 is 0 Å². The summed E-state index contributed by atoms with van der Waals surface area (Å²) in [6.45, 7) is 4.87. The fourth-order valence-corrected chi connectivity index (χ4v) is 6.44. The molecule has 0 aromatic carbocycles. The zero-order valence-corrected chi connectivity index (χ0v) is 29.5. The Bertz CT molecular complexity index is 396. The van der Waals surface area contributed by atoms with Crippen LogP contribution in [-0.4, -0.2) is 17.9 Å². The van der Waals surface area contributed by atoms with Crippen LogP contribution in [-0.2, 0) is 0 Å². The van der Waals surface area contributed by atoms with E-state index >= 15 is 0 Å². The van der Waals surface area contributed by atoms with Crippen LogP contribution in [0.2, 0.25) is 0 Å². The molecule has 3 N–H and O–H groups in total. The summed E-state index contributed by atoms with van der Waals surface area (Å²) < 4.78 is 0. The molecule has 0 atom stereocenters. The third-order valence-electron chi connectivity index (χ3n) is 9.30. The molecule has 0 spiro atoms. The highest BCUT2D eigenvalue weighted by Gasteiger charge is 2.10. The Balaban J connectivity index is 0. The molecular formula is C38H80ClNO. The van der Waals surface area contributed by atoms with Crippen LogP contribution < -0.4 is 17.7 Å². The van der Waals surface area contributed by atoms with E-state index in [0.29, 0.717) is 6.04 Å². The molecule has 0 rings (SSSR count). The Morgan fingerprint density at radius 1 is 0.341 bits per heavy atom. The first-order chi connectivity index (χ1) is 19.8. The summed E-state index contributed by atoms with van der Waals surface area (Å²) in [6.07, 6.45) is 48.7. The Labute approximate surface area is 267 Å². The van der Waals surface area contributed by atoms with Gasteiger partial charge < -0.3 is 22.8 Å². The van der Waals surface area contributed by atoms with Gasteiger partial charge in [0.15, 0.2) is 6.73 Å². The summed E-state index contributed by atoms with van der Waals surface area (Å²) in [5, 5.41) is 11.6. The summed E-state index contributed by atoms with van der Waals surface area (Å²) in [4.78, 5) is 0. The number of unbranched alkanes of at least 4 members (excludes halogenated alkanes) is 30. The second-order valence-electron chi connectivity index (χ2n) is 13.4. The Morgan fingerprint density at radius 3 is 0.732 bits per heavy atom. The number of nitrogens with two attached hydrogens (primary N) is 1. The maximum Gasteiger partial charge on any atom is 0.177 e. The van der Waals surface area contributed by atoms with E-state index in [-0.39, 0.29) is 19.1 Å². The molecule has 0 saturated heterocycles. The van der Waals surface area contributed by atoms with Crippen molar-refractivity contribution < 1.29 is 22.8 Å². The van der Waals surface area contributed by atoms with Crippen molar-refractivity contribution in [2.45, 2.75) is 238 Å². The standard InChI is InChI=1S/C38H79NO.ClH/c1-3-5-7-9-11-13-15-17-19-21-23-25-27-29-31-33-35-38(39-37-40)36-34-32-30-28-26-24-22-20-18-16-14-12-10-8-6-4-2;/h38-40H,3-37H2,1-2H3;1H. The molecule has 250 valence electrons. The number of quaternary nitrogens is 1. The van der Waals surface area contributed by atoms with Crippen LogP contribution in [0.25, 0.3) is 0 Å². The van der Waals surface area contributed by atoms with Gasteiger partial charge in [-0.15, -0.1) is 0 Å². The summed E-state index contributed by atoms with van der Waals surface area (Å²) in [7, 11) is 0. The normalized spacial score (nSPS) is 11.4. The van der Waals surface area contributed by atoms with Gasteiger partial charge in [-0.2, -0.15) is 0 Å². The van der Waals surface area contributed by atoms with E-state index in [2.05, 4.69) is 19.2 Å². The Morgan fingerprint density at radius 2 is 0.537 bits per heavy atom. The molecule has 3 heteroatoms. The van der Waals surface area contributed by atoms with Crippen LogP contribution in [0.15, 0.2) is 0 Å². The van der Waals surface area contributed by atoms with Crippen molar-refractivity contribution in [1.29, 1.82) is 0 Å². The minimum Gasteiger partial charge on any atom is -1.00 e. The Hall–Kier alpha value is 0.210. The summed E-state index contributed by atoms with van der Waals surface area (Å²) in [5.41, 5.74) is 0. The van der Waals surface area contributed by atoms with Crippen molar-refractivity contribution >= 4 is 0 Å². The highest BCUT2D eigenvalue weighted by atomic mass is 35.5. The van der Waals surface area contributed by atoms with Crippen LogP contribution in [0.5, 0.6) is 0 Å². The second-order valence-corrected chi connectivity index (χ2v) is 13.4. The molecule has 0 bridgehead atoms. The molecule has 0 aromatic heterocycles. The van der Waals surface area contributed by atoms with Gasteiger partial charge >= 0.3 is 0 Å². The third-order valence-corrected chi connectivity index (χ3v) is 9.30. The van der Waals surface area contributed by atoms with E-state index in [1.165, 1.54) is 218 Å². The van der Waals surface area contributed by atoms with Crippen molar-refractivity contribution in [2.75, 3.05) is 6.73 Å². The van der Waals surface area contributed by atoms with Crippen molar-refractivity contribution in [1.82, 2.24) is 0 Å². The van der Waals surface area contributed by atoms with Gasteiger partial charge in [0.1, 0.15) is 0 Å². The van der Waals surface area contributed by atoms with Gasteiger partial charge in [0.05, 0.1) is 6.04 Å². The molecule has 41 heavy (non-hydrogen) atoms. The summed E-state index contributed by atoms with van der Waals surface area (Å²) in [5.74, 6) is 0. The molecule has 0 saturated carbocycles. The molecular weight excluding hydrogens is 522 g/mol. The first-order valence-electron chi connectivity index (χ1n) is 19.3. The van der Waals surface area contributed by atoms with Crippen LogP contribution in [0, 0.1) is 0 Å². The van der Waals surface area contributed by atoms with E-state index in [0.717, 1.165) is 0 Å². The number of hydrogen-bond acceptors (Lipinski definition) is 1. The van der Waals surface area contributed by atoms with E-state index in [1.807, 2.05) is 0 Å². The third kappa shape index (κ3) is 38.2. The van der Waals surface area contributed by atoms with Gasteiger partial charge in [0, 0.05) is 0 Å². The smallest absolute Gasteiger partial charge is 0.177 e. The highest BCUT2D eigenvalue weighted by Crippen LogP contribution is 2.16. The van der Waals surface area contributed by atoms with Gasteiger partial charge in [0.2, 0.25) is 0 Å². The SMILES string of the molecule is CCCCCCCCCCCCCCCCCCC(CCCCCCCCCCCCCCCCCC)[NH2+]CO.[Cl-]. The largest absolute Gasteiger partial charge is 1.00 e. The monoisotopic (exact) mass is 602 g/mol. The van der Waals surface area contributed by atoms with Crippen molar-refractivity contribution in [3.05, 3.63) is 0 Å². The highest BCUT2D eigenvalue weighted by molar-refractivity contribution is 4.58. The first kappa shape index (κ1) is 43.3. The minimum atomic E-state index is 0. The zero-order chi connectivity index (χ0) is 29.0. The number of aliphatic hydroxyl groups excluding tert-OH is 1. The van der Waals surface area contributed by atoms with Crippen molar-refractivity contribution in [2.24, 2.45) is 0 Å². The predicted octanol–water partition coefficient (Wildman–Crippen LogP) is 9.18. The first-order valence-corrected chi connectivity index (χ1v) is 19.3. The lowest BCUT2D eigenvalue weighted by Crippen LogP contribution is -3.00. The maximum absolute atomic E-state index is 9.45. The lowest BCUT2D eigenvalue weighted by Gasteiger charge is -2.14. The van der Waals surface area contributed by atoms with E-state index in [4.69, 9.17) is 0 Å². The summed E-state index contributed by atoms with van der Waals surface area (Å²) in [6, 6.07) is 0.656. The van der Waals surface area contributed by atoms with Gasteiger partial charge in [0.25, 0.3) is 0 Å². The molecule has 0 radical (unpaired) electrons. The average molecular weight is 603 g/mol. The predicted molar refractivity (Wildman–Crippen MR) is 181 cm³/mol. The van der Waals surface area contributed by atoms with Gasteiger partial charge in [-0.25, -0.2) is 0 Å².